The molecule has 0 bridgehead atoms. The van der Waals surface area contributed by atoms with Crippen LogP contribution in [0.15, 0.2) is 24.3 Å². The largest absolute Gasteiger partial charge is 0.385 e. The summed E-state index contributed by atoms with van der Waals surface area (Å²) in [6, 6.07) is 7.03. The molecule has 0 fully saturated rings. The number of hydrogen-bond donors (Lipinski definition) is 1. The van der Waals surface area contributed by atoms with Crippen molar-refractivity contribution in [2.24, 2.45) is 0 Å². The Hall–Kier alpha value is 0.0900. The molecule has 3 nitrogen and oxygen atoms in total. The molecule has 0 spiro atoms. The lowest BCUT2D eigenvalue weighted by Crippen LogP contribution is -2.31. The van der Waals surface area contributed by atoms with Crippen LogP contribution in [0.3, 0.4) is 0 Å². The highest BCUT2D eigenvalue weighted by Gasteiger charge is 2.43. The van der Waals surface area contributed by atoms with Crippen LogP contribution >= 0.6 is 31.9 Å². The second-order valence-electron chi connectivity index (χ2n) is 3.65. The van der Waals surface area contributed by atoms with Gasteiger partial charge in [-0.05, 0) is 12.5 Å². The van der Waals surface area contributed by atoms with E-state index in [9.17, 15) is 13.5 Å². The van der Waals surface area contributed by atoms with E-state index in [1.807, 2.05) is 19.1 Å². The van der Waals surface area contributed by atoms with Gasteiger partial charge >= 0.3 is 0 Å². The van der Waals surface area contributed by atoms with E-state index < -0.39 is 18.5 Å². The molecule has 0 aromatic heterocycles. The van der Waals surface area contributed by atoms with E-state index in [-0.39, 0.29) is 0 Å². The minimum atomic E-state index is -3.48. The first-order valence-corrected chi connectivity index (χ1v) is 7.96. The Kier molecular flexibility index (Phi) is 4.21. The quantitative estimate of drug-likeness (QED) is 0.830. The average molecular weight is 372 g/mol. The summed E-state index contributed by atoms with van der Waals surface area (Å²) in [5.74, 6) is 0. The van der Waals surface area contributed by atoms with E-state index in [1.165, 1.54) is 0 Å². The highest BCUT2D eigenvalue weighted by molar-refractivity contribution is 9.27. The number of halogens is 2. The molecule has 0 unspecified atom stereocenters. The molecule has 0 amide bonds. The first kappa shape index (κ1) is 14.2. The highest BCUT2D eigenvalue weighted by atomic mass is 79.9. The minimum absolute atomic E-state index is 0.532. The second kappa shape index (κ2) is 4.76. The molecule has 1 N–H and O–H groups in total. The van der Waals surface area contributed by atoms with E-state index in [0.29, 0.717) is 5.56 Å². The molecule has 90 valence electrons. The maximum atomic E-state index is 11.5. The second-order valence-corrected chi connectivity index (χ2v) is 10.5. The molecule has 0 saturated heterocycles. The van der Waals surface area contributed by atoms with Crippen LogP contribution in [0.5, 0.6) is 0 Å². The van der Waals surface area contributed by atoms with Crippen molar-refractivity contribution in [3.63, 3.8) is 0 Å². The number of aliphatic hydroxyl groups excluding tert-OH is 1. The molecule has 16 heavy (non-hydrogen) atoms. The molecule has 6 heteroatoms. The van der Waals surface area contributed by atoms with Gasteiger partial charge in [-0.3, -0.25) is 0 Å². The lowest BCUT2D eigenvalue weighted by atomic mass is 10.1. The number of rotatable bonds is 3. The maximum Gasteiger partial charge on any atom is 0.210 e. The third-order valence-corrected chi connectivity index (χ3v) is 7.81. The van der Waals surface area contributed by atoms with Crippen LogP contribution in [0, 0.1) is 6.92 Å². The van der Waals surface area contributed by atoms with Crippen LogP contribution in [0.4, 0.5) is 0 Å². The zero-order chi connectivity index (χ0) is 12.6. The van der Waals surface area contributed by atoms with Gasteiger partial charge in [0.15, 0.2) is 9.84 Å². The Morgan fingerprint density at radius 2 is 1.69 bits per heavy atom. The predicted octanol–water partition coefficient (Wildman–Crippen LogP) is 2.52. The van der Waals surface area contributed by atoms with E-state index in [2.05, 4.69) is 31.9 Å². The van der Waals surface area contributed by atoms with Crippen LogP contribution in [0.1, 0.15) is 17.2 Å². The summed E-state index contributed by atoms with van der Waals surface area (Å²) in [6.07, 6.45) is -0.128. The fourth-order valence-corrected chi connectivity index (χ4v) is 2.22. The van der Waals surface area contributed by atoms with Crippen LogP contribution < -0.4 is 0 Å². The van der Waals surface area contributed by atoms with Crippen molar-refractivity contribution in [2.45, 2.75) is 15.6 Å². The Balaban J connectivity index is 3.12. The third-order valence-electron chi connectivity index (χ3n) is 2.21. The van der Waals surface area contributed by atoms with Gasteiger partial charge in [0.05, 0.1) is 0 Å². The van der Waals surface area contributed by atoms with Gasteiger partial charge in [0, 0.05) is 6.26 Å². The van der Waals surface area contributed by atoms with Gasteiger partial charge in [0.2, 0.25) is 2.57 Å². The van der Waals surface area contributed by atoms with Crippen molar-refractivity contribution in [1.29, 1.82) is 0 Å². The molecule has 1 atom stereocenters. The minimum Gasteiger partial charge on any atom is -0.385 e. The van der Waals surface area contributed by atoms with Crippen molar-refractivity contribution in [2.75, 3.05) is 6.26 Å². The average Bonchev–Trinajstić information content (AvgIpc) is 2.16. The summed E-state index contributed by atoms with van der Waals surface area (Å²) >= 11 is 6.00. The van der Waals surface area contributed by atoms with Gasteiger partial charge in [-0.15, -0.1) is 0 Å². The van der Waals surface area contributed by atoms with E-state index in [0.717, 1.165) is 11.8 Å². The van der Waals surface area contributed by atoms with Crippen LogP contribution in [0.2, 0.25) is 0 Å². The Morgan fingerprint density at radius 3 is 2.06 bits per heavy atom. The molecule has 1 aromatic carbocycles. The van der Waals surface area contributed by atoms with Gasteiger partial charge in [0.1, 0.15) is 6.10 Å². The first-order valence-electron chi connectivity index (χ1n) is 4.48. The van der Waals surface area contributed by atoms with Crippen LogP contribution in [-0.2, 0) is 9.84 Å². The van der Waals surface area contributed by atoms with E-state index >= 15 is 0 Å². The summed E-state index contributed by atoms with van der Waals surface area (Å²) in [5.41, 5.74) is 1.58. The first-order chi connectivity index (χ1) is 7.16. The zero-order valence-corrected chi connectivity index (χ0v) is 12.8. The Morgan fingerprint density at radius 1 is 1.25 bits per heavy atom. The predicted molar refractivity (Wildman–Crippen MR) is 71.6 cm³/mol. The molecule has 1 rings (SSSR count). The normalized spacial score (nSPS) is 14.8. The molecule has 0 aliphatic carbocycles. The number of benzene rings is 1. The Bertz CT molecular complexity index is 465. The highest BCUT2D eigenvalue weighted by Crippen LogP contribution is 2.43. The fraction of sp³-hybridized carbons (Fsp3) is 0.400. The van der Waals surface area contributed by atoms with E-state index in [1.54, 1.807) is 12.1 Å². The SMILES string of the molecule is Cc1ccc([C@H](O)C(Br)(Br)S(C)(=O)=O)cc1. The topological polar surface area (TPSA) is 54.4 Å². The molecule has 0 saturated carbocycles. The van der Waals surface area contributed by atoms with Crippen molar-refractivity contribution >= 4 is 41.7 Å². The lowest BCUT2D eigenvalue weighted by molar-refractivity contribution is 0.189. The van der Waals surface area contributed by atoms with Gasteiger partial charge in [-0.1, -0.05) is 61.7 Å². The van der Waals surface area contributed by atoms with Crippen molar-refractivity contribution in [3.8, 4) is 0 Å². The molecular formula is C10H12Br2O3S. The van der Waals surface area contributed by atoms with Crippen LogP contribution in [0.25, 0.3) is 0 Å². The number of aryl methyl sites for hydroxylation is 1. The van der Waals surface area contributed by atoms with Gasteiger partial charge in [0.25, 0.3) is 0 Å². The van der Waals surface area contributed by atoms with Crippen LogP contribution in [-0.4, -0.2) is 22.3 Å². The van der Waals surface area contributed by atoms with E-state index in [4.69, 9.17) is 0 Å². The summed E-state index contributed by atoms with van der Waals surface area (Å²) < 4.78 is 21.4. The van der Waals surface area contributed by atoms with Gasteiger partial charge < -0.3 is 5.11 Å². The standard InChI is InChI=1S/C10H12Br2O3S/c1-7-3-5-8(6-4-7)9(13)10(11,12)16(2,14)15/h3-6,9,13H,1-2H3/t9-/m0/s1. The molecule has 0 radical (unpaired) electrons. The summed E-state index contributed by atoms with van der Waals surface area (Å²) in [6.45, 7) is 1.92. The van der Waals surface area contributed by atoms with Gasteiger partial charge in [-0.25, -0.2) is 8.42 Å². The lowest BCUT2D eigenvalue weighted by Gasteiger charge is -2.25. The van der Waals surface area contributed by atoms with Crippen molar-refractivity contribution in [1.82, 2.24) is 0 Å². The van der Waals surface area contributed by atoms with Gasteiger partial charge in [-0.2, -0.15) is 0 Å². The van der Waals surface area contributed by atoms with Crippen molar-refractivity contribution < 1.29 is 13.5 Å². The number of alkyl halides is 2. The number of sulfone groups is 1. The number of aliphatic hydroxyl groups is 1. The molecule has 0 aliphatic heterocycles. The van der Waals surface area contributed by atoms with Crippen molar-refractivity contribution in [3.05, 3.63) is 35.4 Å². The molecule has 1 aromatic rings. The summed E-state index contributed by atoms with van der Waals surface area (Å²) in [5, 5.41) is 10.0. The molecular weight excluding hydrogens is 360 g/mol. The third kappa shape index (κ3) is 2.85. The smallest absolute Gasteiger partial charge is 0.210 e. The maximum absolute atomic E-state index is 11.5. The molecule has 0 aliphatic rings. The number of hydrogen-bond acceptors (Lipinski definition) is 3. The fourth-order valence-electron chi connectivity index (χ4n) is 1.15. The summed E-state index contributed by atoms with van der Waals surface area (Å²) in [7, 11) is -3.48. The molecule has 0 heterocycles. The monoisotopic (exact) mass is 370 g/mol. The zero-order valence-electron chi connectivity index (χ0n) is 8.81. The Labute approximate surface area is 112 Å². The summed E-state index contributed by atoms with van der Waals surface area (Å²) in [4.78, 5) is 0.